The van der Waals surface area contributed by atoms with E-state index in [0.29, 0.717) is 19.0 Å². The summed E-state index contributed by atoms with van der Waals surface area (Å²) < 4.78 is 33.2. The molecule has 2 atom stereocenters. The highest BCUT2D eigenvalue weighted by Gasteiger charge is 2.39. The molecule has 0 unspecified atom stereocenters. The Morgan fingerprint density at radius 3 is 2.47 bits per heavy atom. The molecule has 0 aliphatic carbocycles. The van der Waals surface area contributed by atoms with Crippen LogP contribution < -0.4 is 10.6 Å². The number of rotatable bonds is 5. The van der Waals surface area contributed by atoms with Crippen LogP contribution in [0.15, 0.2) is 58.7 Å². The molecule has 0 saturated carbocycles. The molecule has 0 amide bonds. The number of nitrogens with zero attached hydrogens (tertiary/aromatic N) is 4. The van der Waals surface area contributed by atoms with Crippen LogP contribution in [0.1, 0.15) is 18.4 Å². The standard InChI is InChI=1S/C20H22N6O3S/c21-14-24-20(25-16-7-9-22-10-8-16)23-11-15-1-5-19(6-2-15)30(27,28)26-12-17-3-4-18(13-26)29-17/h1-2,5-10,17-18H,3-4,11-13H2,(H2,22,23,24,25)/t17-,18+. The third-order valence-corrected chi connectivity index (χ3v) is 6.95. The first kappa shape index (κ1) is 20.3. The van der Waals surface area contributed by atoms with Crippen molar-refractivity contribution in [1.82, 2.24) is 14.6 Å². The van der Waals surface area contributed by atoms with Crippen LogP contribution >= 0.6 is 0 Å². The van der Waals surface area contributed by atoms with Crippen molar-refractivity contribution in [2.45, 2.75) is 36.5 Å². The molecule has 1 aromatic heterocycles. The Kier molecular flexibility index (Phi) is 5.94. The highest BCUT2D eigenvalue weighted by Crippen LogP contribution is 2.30. The summed E-state index contributed by atoms with van der Waals surface area (Å²) in [5.74, 6) is 0.296. The second-order valence-electron chi connectivity index (χ2n) is 7.19. The molecule has 9 nitrogen and oxygen atoms in total. The largest absolute Gasteiger partial charge is 0.372 e. The Labute approximate surface area is 175 Å². The Morgan fingerprint density at radius 2 is 1.83 bits per heavy atom. The third kappa shape index (κ3) is 4.59. The number of benzene rings is 1. The average molecular weight is 427 g/mol. The molecule has 3 heterocycles. The van der Waals surface area contributed by atoms with E-state index in [1.54, 1.807) is 48.8 Å². The van der Waals surface area contributed by atoms with Gasteiger partial charge in [0, 0.05) is 31.2 Å². The number of hydrogen-bond acceptors (Lipinski definition) is 6. The molecule has 0 spiro atoms. The van der Waals surface area contributed by atoms with Crippen molar-refractivity contribution >= 4 is 21.7 Å². The predicted octanol–water partition coefficient (Wildman–Crippen LogP) is 1.67. The number of guanidine groups is 1. The van der Waals surface area contributed by atoms with Gasteiger partial charge in [-0.2, -0.15) is 9.57 Å². The fourth-order valence-electron chi connectivity index (χ4n) is 3.60. The molecule has 2 N–H and O–H groups in total. The summed E-state index contributed by atoms with van der Waals surface area (Å²) in [5, 5.41) is 14.4. The van der Waals surface area contributed by atoms with Crippen molar-refractivity contribution < 1.29 is 13.2 Å². The molecule has 2 saturated heterocycles. The van der Waals surface area contributed by atoms with E-state index in [4.69, 9.17) is 10.00 Å². The lowest BCUT2D eigenvalue weighted by molar-refractivity contribution is -0.0114. The van der Waals surface area contributed by atoms with Crippen LogP contribution in [0.5, 0.6) is 0 Å². The van der Waals surface area contributed by atoms with Gasteiger partial charge in [0.25, 0.3) is 0 Å². The SMILES string of the molecule is N#CNC(=NCc1ccc(S(=O)(=O)N2C[C@H]3CC[C@@H](C2)O3)cc1)Nc1ccncc1. The number of pyridine rings is 1. The number of morpholine rings is 1. The maximum Gasteiger partial charge on any atom is 0.243 e. The molecule has 30 heavy (non-hydrogen) atoms. The van der Waals surface area contributed by atoms with E-state index in [-0.39, 0.29) is 23.6 Å². The Bertz CT molecular complexity index is 1040. The molecule has 10 heteroatoms. The van der Waals surface area contributed by atoms with Crippen LogP contribution in [0.3, 0.4) is 0 Å². The highest BCUT2D eigenvalue weighted by atomic mass is 32.2. The van der Waals surface area contributed by atoms with Crippen LogP contribution in [0.25, 0.3) is 0 Å². The fraction of sp³-hybridized carbons (Fsp3) is 0.350. The van der Waals surface area contributed by atoms with E-state index in [1.165, 1.54) is 4.31 Å². The van der Waals surface area contributed by atoms with Crippen molar-refractivity contribution in [3.05, 3.63) is 54.4 Å². The fourth-order valence-corrected chi connectivity index (χ4v) is 5.10. The molecule has 156 valence electrons. The van der Waals surface area contributed by atoms with Gasteiger partial charge in [-0.15, -0.1) is 0 Å². The topological polar surface area (TPSA) is 120 Å². The second kappa shape index (κ2) is 8.79. The monoisotopic (exact) mass is 426 g/mol. The van der Waals surface area contributed by atoms with E-state index < -0.39 is 10.0 Å². The number of aromatic nitrogens is 1. The molecule has 2 aliphatic heterocycles. The third-order valence-electron chi connectivity index (χ3n) is 5.11. The predicted molar refractivity (Wildman–Crippen MR) is 111 cm³/mol. The minimum atomic E-state index is -3.54. The smallest absolute Gasteiger partial charge is 0.243 e. The van der Waals surface area contributed by atoms with Crippen LogP contribution in [0, 0.1) is 11.5 Å². The molecule has 2 aromatic rings. The summed E-state index contributed by atoms with van der Waals surface area (Å²) in [6, 6.07) is 10.2. The quantitative estimate of drug-likeness (QED) is 0.323. The minimum Gasteiger partial charge on any atom is -0.372 e. The molecular weight excluding hydrogens is 404 g/mol. The van der Waals surface area contributed by atoms with Crippen LogP contribution in [-0.2, 0) is 21.3 Å². The van der Waals surface area contributed by atoms with Crippen LogP contribution in [0.2, 0.25) is 0 Å². The lowest BCUT2D eigenvalue weighted by Gasteiger charge is -2.31. The molecule has 2 fully saturated rings. The summed E-state index contributed by atoms with van der Waals surface area (Å²) >= 11 is 0. The van der Waals surface area contributed by atoms with Gasteiger partial charge in [0.15, 0.2) is 6.19 Å². The Morgan fingerprint density at radius 1 is 1.17 bits per heavy atom. The zero-order valence-electron chi connectivity index (χ0n) is 16.2. The van der Waals surface area contributed by atoms with E-state index in [1.807, 2.05) is 6.19 Å². The number of nitrogens with one attached hydrogen (secondary N) is 2. The summed E-state index contributed by atoms with van der Waals surface area (Å²) in [4.78, 5) is 8.57. The number of fused-ring (bicyclic) bond motifs is 2. The zero-order valence-corrected chi connectivity index (χ0v) is 17.0. The zero-order chi connectivity index (χ0) is 21.0. The Balaban J connectivity index is 1.43. The van der Waals surface area contributed by atoms with Gasteiger partial charge in [-0.3, -0.25) is 10.3 Å². The Hall–Kier alpha value is -3.00. The number of aliphatic imine (C=N–C) groups is 1. The van der Waals surface area contributed by atoms with Gasteiger partial charge in [-0.05, 0) is 42.7 Å². The van der Waals surface area contributed by atoms with Gasteiger partial charge >= 0.3 is 0 Å². The van der Waals surface area contributed by atoms with Crippen molar-refractivity contribution in [2.75, 3.05) is 18.4 Å². The van der Waals surface area contributed by atoms with E-state index in [9.17, 15) is 8.42 Å². The molecule has 1 aromatic carbocycles. The van der Waals surface area contributed by atoms with Crippen molar-refractivity contribution in [3.8, 4) is 6.19 Å². The van der Waals surface area contributed by atoms with Gasteiger partial charge in [0.1, 0.15) is 0 Å². The van der Waals surface area contributed by atoms with Gasteiger partial charge in [0.2, 0.25) is 16.0 Å². The number of nitriles is 1. The van der Waals surface area contributed by atoms with Gasteiger partial charge in [-0.1, -0.05) is 12.1 Å². The first-order chi connectivity index (χ1) is 14.5. The molecule has 0 radical (unpaired) electrons. The van der Waals surface area contributed by atoms with Crippen molar-refractivity contribution in [1.29, 1.82) is 5.26 Å². The minimum absolute atomic E-state index is 0.00564. The maximum atomic E-state index is 13.0. The first-order valence-corrected chi connectivity index (χ1v) is 11.1. The molecule has 2 bridgehead atoms. The van der Waals surface area contributed by atoms with E-state index >= 15 is 0 Å². The summed E-state index contributed by atoms with van der Waals surface area (Å²) in [7, 11) is -3.54. The van der Waals surface area contributed by atoms with E-state index in [2.05, 4.69) is 20.6 Å². The maximum absolute atomic E-state index is 13.0. The first-order valence-electron chi connectivity index (χ1n) is 9.66. The van der Waals surface area contributed by atoms with Crippen LogP contribution in [-0.4, -0.2) is 49.0 Å². The van der Waals surface area contributed by atoms with Gasteiger partial charge < -0.3 is 10.1 Å². The summed E-state index contributed by atoms with van der Waals surface area (Å²) in [5.41, 5.74) is 1.57. The van der Waals surface area contributed by atoms with Crippen LogP contribution in [0.4, 0.5) is 5.69 Å². The lowest BCUT2D eigenvalue weighted by Crippen LogP contribution is -2.45. The number of hydrogen-bond donors (Lipinski definition) is 2. The lowest BCUT2D eigenvalue weighted by atomic mass is 10.2. The van der Waals surface area contributed by atoms with Crippen molar-refractivity contribution in [2.24, 2.45) is 4.99 Å². The highest BCUT2D eigenvalue weighted by molar-refractivity contribution is 7.89. The number of anilines is 1. The summed E-state index contributed by atoms with van der Waals surface area (Å²) in [6.45, 7) is 1.10. The normalized spacial score (nSPS) is 21.8. The van der Waals surface area contributed by atoms with Gasteiger partial charge in [-0.25, -0.2) is 13.4 Å². The van der Waals surface area contributed by atoms with Crippen molar-refractivity contribution in [3.63, 3.8) is 0 Å². The number of sulfonamides is 1. The number of ether oxygens (including phenoxy) is 1. The van der Waals surface area contributed by atoms with E-state index in [0.717, 1.165) is 24.1 Å². The molecular formula is C20H22N6O3S. The average Bonchev–Trinajstić information content (AvgIpc) is 3.10. The summed E-state index contributed by atoms with van der Waals surface area (Å²) in [6.07, 6.45) is 6.95. The molecule has 2 aliphatic rings. The van der Waals surface area contributed by atoms with Gasteiger partial charge in [0.05, 0.1) is 23.6 Å². The second-order valence-corrected chi connectivity index (χ2v) is 9.12. The molecule has 4 rings (SSSR count).